The van der Waals surface area contributed by atoms with E-state index in [2.05, 4.69) is 11.7 Å². The van der Waals surface area contributed by atoms with Gasteiger partial charge >= 0.3 is 0 Å². The van der Waals surface area contributed by atoms with Gasteiger partial charge in [-0.15, -0.1) is 0 Å². The number of benzene rings is 2. The van der Waals surface area contributed by atoms with Crippen molar-refractivity contribution < 1.29 is 22.6 Å². The fourth-order valence-electron chi connectivity index (χ4n) is 3.41. The van der Waals surface area contributed by atoms with Gasteiger partial charge in [0, 0.05) is 6.04 Å². The number of fused-ring (bicyclic) bond motifs is 1. The Balaban J connectivity index is 1.80. The lowest BCUT2D eigenvalue weighted by molar-refractivity contribution is 0.194. The molecule has 3 nitrogen and oxygen atoms in total. The molecule has 0 unspecified atom stereocenters. The summed E-state index contributed by atoms with van der Waals surface area (Å²) in [6.45, 7) is 5.79. The minimum atomic E-state index is -1.25. The minimum absolute atomic E-state index is 0.0976. The zero-order valence-corrected chi connectivity index (χ0v) is 14.7. The van der Waals surface area contributed by atoms with Crippen molar-refractivity contribution in [1.82, 2.24) is 0 Å². The summed E-state index contributed by atoms with van der Waals surface area (Å²) < 4.78 is 53.8. The molecule has 3 rings (SSSR count). The van der Waals surface area contributed by atoms with Gasteiger partial charge in [0.2, 0.25) is 5.82 Å². The maximum absolute atomic E-state index is 14.4. The van der Waals surface area contributed by atoms with Crippen LogP contribution in [-0.4, -0.2) is 26.0 Å². The third-order valence-corrected chi connectivity index (χ3v) is 4.90. The molecule has 1 aliphatic rings. The second-order valence-electron chi connectivity index (χ2n) is 6.58. The molecule has 1 fully saturated rings. The molecule has 0 amide bonds. The molecule has 0 aliphatic heterocycles. The number of halogens is 3. The van der Waals surface area contributed by atoms with Gasteiger partial charge in [0.15, 0.2) is 23.1 Å². The largest absolute Gasteiger partial charge is 0.491 e. The third-order valence-electron chi connectivity index (χ3n) is 4.90. The topological polar surface area (TPSA) is 30.8 Å². The third kappa shape index (κ3) is 3.64. The number of ether oxygens (including phenoxy) is 2. The van der Waals surface area contributed by atoms with Gasteiger partial charge in [-0.05, 0) is 62.8 Å². The molecule has 0 bridgehead atoms. The van der Waals surface area contributed by atoms with Gasteiger partial charge in [-0.25, -0.2) is 8.78 Å². The van der Waals surface area contributed by atoms with Gasteiger partial charge in [-0.3, -0.25) is 4.99 Å². The van der Waals surface area contributed by atoms with Crippen LogP contribution in [0.5, 0.6) is 11.5 Å². The summed E-state index contributed by atoms with van der Waals surface area (Å²) in [5.74, 6) is -3.35. The van der Waals surface area contributed by atoms with E-state index in [9.17, 15) is 13.2 Å². The lowest BCUT2D eigenvalue weighted by atomic mass is 9.87. The number of hydrogen-bond acceptors (Lipinski definition) is 3. The van der Waals surface area contributed by atoms with Crippen LogP contribution in [0.2, 0.25) is 0 Å². The Morgan fingerprint density at radius 1 is 1.00 bits per heavy atom. The van der Waals surface area contributed by atoms with E-state index in [1.807, 2.05) is 0 Å². The Labute approximate surface area is 150 Å². The molecule has 1 saturated carbocycles. The Morgan fingerprint density at radius 3 is 2.38 bits per heavy atom. The van der Waals surface area contributed by atoms with Crippen molar-refractivity contribution in [2.24, 2.45) is 10.9 Å². The SMILES string of the molecule is C=NC1CCC(COc2cc3ccc(OCC)c(F)c3c(F)c2F)CC1. The Morgan fingerprint density at radius 2 is 1.73 bits per heavy atom. The fourth-order valence-corrected chi connectivity index (χ4v) is 3.41. The molecule has 1 aliphatic carbocycles. The first-order chi connectivity index (χ1) is 12.5. The van der Waals surface area contributed by atoms with Crippen LogP contribution in [0, 0.1) is 23.4 Å². The molecule has 0 radical (unpaired) electrons. The van der Waals surface area contributed by atoms with Crippen molar-refractivity contribution in [3.8, 4) is 11.5 Å². The van der Waals surface area contributed by atoms with Gasteiger partial charge in [0.1, 0.15) is 0 Å². The zero-order valence-electron chi connectivity index (χ0n) is 14.7. The van der Waals surface area contributed by atoms with E-state index in [4.69, 9.17) is 9.47 Å². The summed E-state index contributed by atoms with van der Waals surface area (Å²) in [6, 6.07) is 4.53. The molecular formula is C20H22F3NO2. The molecule has 0 saturated heterocycles. The van der Waals surface area contributed by atoms with Crippen molar-refractivity contribution in [1.29, 1.82) is 0 Å². The Kier molecular flexibility index (Phi) is 5.69. The van der Waals surface area contributed by atoms with E-state index in [0.29, 0.717) is 6.61 Å². The van der Waals surface area contributed by atoms with Crippen LogP contribution in [0.25, 0.3) is 10.8 Å². The fraction of sp³-hybridized carbons (Fsp3) is 0.450. The summed E-state index contributed by atoms with van der Waals surface area (Å²) in [5, 5.41) is -0.183. The number of nitrogens with zero attached hydrogens (tertiary/aromatic N) is 1. The molecule has 0 atom stereocenters. The average molecular weight is 365 g/mol. The highest BCUT2D eigenvalue weighted by Gasteiger charge is 2.23. The first-order valence-electron chi connectivity index (χ1n) is 8.86. The molecule has 2 aromatic rings. The summed E-state index contributed by atoms with van der Waals surface area (Å²) in [5.41, 5.74) is 0. The van der Waals surface area contributed by atoms with Crippen LogP contribution >= 0.6 is 0 Å². The quantitative estimate of drug-likeness (QED) is 0.651. The van der Waals surface area contributed by atoms with Crippen LogP contribution in [0.1, 0.15) is 32.6 Å². The van der Waals surface area contributed by atoms with E-state index >= 15 is 0 Å². The second kappa shape index (κ2) is 7.98. The van der Waals surface area contributed by atoms with Crippen LogP contribution < -0.4 is 9.47 Å². The lowest BCUT2D eigenvalue weighted by Gasteiger charge is -2.26. The monoisotopic (exact) mass is 365 g/mol. The van der Waals surface area contributed by atoms with Crippen molar-refractivity contribution in [2.45, 2.75) is 38.6 Å². The predicted octanol–water partition coefficient (Wildman–Crippen LogP) is 5.29. The van der Waals surface area contributed by atoms with Crippen LogP contribution in [-0.2, 0) is 0 Å². The molecule has 0 N–H and O–H groups in total. The molecule has 2 aromatic carbocycles. The zero-order chi connectivity index (χ0) is 18.7. The Hall–Kier alpha value is -2.24. The molecular weight excluding hydrogens is 343 g/mol. The second-order valence-corrected chi connectivity index (χ2v) is 6.58. The van der Waals surface area contributed by atoms with Gasteiger partial charge in [-0.1, -0.05) is 6.07 Å². The van der Waals surface area contributed by atoms with E-state index in [1.165, 1.54) is 18.2 Å². The summed E-state index contributed by atoms with van der Waals surface area (Å²) in [4.78, 5) is 4.04. The first kappa shape index (κ1) is 18.5. The van der Waals surface area contributed by atoms with Gasteiger partial charge < -0.3 is 9.47 Å². The van der Waals surface area contributed by atoms with E-state index in [0.717, 1.165) is 25.7 Å². The summed E-state index contributed by atoms with van der Waals surface area (Å²) in [7, 11) is 0. The maximum atomic E-state index is 14.4. The van der Waals surface area contributed by atoms with Gasteiger partial charge in [0.25, 0.3) is 0 Å². The van der Waals surface area contributed by atoms with Crippen LogP contribution in [0.4, 0.5) is 13.2 Å². The predicted molar refractivity (Wildman–Crippen MR) is 95.8 cm³/mol. The van der Waals surface area contributed by atoms with Crippen molar-refractivity contribution in [2.75, 3.05) is 13.2 Å². The van der Waals surface area contributed by atoms with E-state index < -0.39 is 22.8 Å². The summed E-state index contributed by atoms with van der Waals surface area (Å²) in [6.07, 6.45) is 3.68. The molecule has 0 spiro atoms. The highest BCUT2D eigenvalue weighted by Crippen LogP contribution is 2.35. The number of rotatable bonds is 6. The molecule has 0 aromatic heterocycles. The highest BCUT2D eigenvalue weighted by molar-refractivity contribution is 5.86. The Bertz CT molecular complexity index is 801. The van der Waals surface area contributed by atoms with Crippen molar-refractivity contribution >= 4 is 17.5 Å². The van der Waals surface area contributed by atoms with Crippen molar-refractivity contribution in [3.63, 3.8) is 0 Å². The first-order valence-corrected chi connectivity index (χ1v) is 8.86. The molecule has 6 heteroatoms. The van der Waals surface area contributed by atoms with Crippen LogP contribution in [0.3, 0.4) is 0 Å². The normalized spacial score (nSPS) is 20.2. The summed E-state index contributed by atoms with van der Waals surface area (Å²) >= 11 is 0. The number of hydrogen-bond donors (Lipinski definition) is 0. The van der Waals surface area contributed by atoms with Gasteiger partial charge in [-0.2, -0.15) is 4.39 Å². The van der Waals surface area contributed by atoms with Gasteiger partial charge in [0.05, 0.1) is 18.6 Å². The maximum Gasteiger partial charge on any atom is 0.201 e. The molecule has 140 valence electrons. The average Bonchev–Trinajstić information content (AvgIpc) is 2.66. The number of aliphatic imine (C=N–C) groups is 1. The van der Waals surface area contributed by atoms with Crippen LogP contribution in [0.15, 0.2) is 23.2 Å². The molecule has 26 heavy (non-hydrogen) atoms. The van der Waals surface area contributed by atoms with E-state index in [1.54, 1.807) is 6.92 Å². The smallest absolute Gasteiger partial charge is 0.201 e. The minimum Gasteiger partial charge on any atom is -0.491 e. The molecule has 0 heterocycles. The van der Waals surface area contributed by atoms with E-state index in [-0.39, 0.29) is 35.5 Å². The standard InChI is InChI=1S/C20H22F3NO2/c1-3-25-15-9-6-13-10-16(19(22)20(23)17(13)18(15)21)26-11-12-4-7-14(24-2)8-5-12/h6,9-10,12,14H,2-5,7-8,11H2,1H3. The van der Waals surface area contributed by atoms with Crippen molar-refractivity contribution in [3.05, 3.63) is 35.7 Å². The lowest BCUT2D eigenvalue weighted by Crippen LogP contribution is -2.22. The highest BCUT2D eigenvalue weighted by atomic mass is 19.2.